The van der Waals surface area contributed by atoms with Gasteiger partial charge >= 0.3 is 18.0 Å². The number of esters is 2. The summed E-state index contributed by atoms with van der Waals surface area (Å²) in [4.78, 5) is 40.0. The summed E-state index contributed by atoms with van der Waals surface area (Å²) < 4.78 is 22.5. The van der Waals surface area contributed by atoms with Crippen LogP contribution in [0.4, 0.5) is 4.79 Å². The van der Waals surface area contributed by atoms with Crippen molar-refractivity contribution in [1.29, 1.82) is 5.26 Å². The summed E-state index contributed by atoms with van der Waals surface area (Å²) in [6.45, 7) is 19.8. The molecule has 0 spiro atoms. The molecule has 0 saturated carbocycles. The summed E-state index contributed by atoms with van der Waals surface area (Å²) >= 11 is 0. The molecule has 0 aromatic rings. The molecule has 9 nitrogen and oxygen atoms in total. The average Bonchev–Trinajstić information content (AvgIpc) is 3.09. The van der Waals surface area contributed by atoms with E-state index in [4.69, 9.17) is 18.6 Å². The molecule has 1 rings (SSSR count). The molecule has 1 amide bonds. The van der Waals surface area contributed by atoms with E-state index in [9.17, 15) is 19.6 Å². The molecule has 1 heterocycles. The first-order valence-corrected chi connectivity index (χ1v) is 15.3. The second-order valence-electron chi connectivity index (χ2n) is 11.5. The number of ether oxygens (including phenoxy) is 3. The third kappa shape index (κ3) is 8.80. The number of likely N-dealkylation sites (tertiary alicyclic amines) is 1. The topological polar surface area (TPSA) is 115 Å². The van der Waals surface area contributed by atoms with E-state index in [1.807, 2.05) is 6.07 Å². The van der Waals surface area contributed by atoms with Gasteiger partial charge in [-0.3, -0.25) is 9.59 Å². The van der Waals surface area contributed by atoms with Gasteiger partial charge in [-0.05, 0) is 59.2 Å². The Bertz CT molecular complexity index is 795. The molecule has 1 aliphatic rings. The van der Waals surface area contributed by atoms with Crippen LogP contribution in [0.2, 0.25) is 18.1 Å². The van der Waals surface area contributed by atoms with Crippen LogP contribution in [0.15, 0.2) is 0 Å². The lowest BCUT2D eigenvalue weighted by Gasteiger charge is -2.38. The molecular weight excluding hydrogens is 468 g/mol. The number of nitrogens with zero attached hydrogens (tertiary/aromatic N) is 2. The highest BCUT2D eigenvalue weighted by molar-refractivity contribution is 6.74. The Kier molecular flexibility index (Phi) is 10.8. The van der Waals surface area contributed by atoms with Gasteiger partial charge in [-0.15, -0.1) is 0 Å². The van der Waals surface area contributed by atoms with Gasteiger partial charge in [0.15, 0.2) is 8.32 Å². The third-order valence-electron chi connectivity index (χ3n) is 6.51. The van der Waals surface area contributed by atoms with E-state index >= 15 is 0 Å². The standard InChI is InChI=1S/C25H44N2O7Si/c1-11-31-21(28)14-18(19(15-26)22(29)32-12-2)20-13-17(34-35(9,10)25(6,7)8)16-27(20)23(30)33-24(3,4)5/h17-20H,11-14,16H2,1-10H3/t17-,18?,19?,20?/m1/s1. The Morgan fingerprint density at radius 3 is 2.09 bits per heavy atom. The summed E-state index contributed by atoms with van der Waals surface area (Å²) in [5.74, 6) is -3.35. The maximum atomic E-state index is 13.2. The lowest BCUT2D eigenvalue weighted by molar-refractivity contribution is -0.151. The molecule has 0 aliphatic carbocycles. The van der Waals surface area contributed by atoms with Gasteiger partial charge in [0.25, 0.3) is 0 Å². The van der Waals surface area contributed by atoms with E-state index in [1.165, 1.54) is 4.90 Å². The smallest absolute Gasteiger partial charge is 0.410 e. The van der Waals surface area contributed by atoms with Gasteiger partial charge in [0.2, 0.25) is 0 Å². The monoisotopic (exact) mass is 512 g/mol. The zero-order valence-electron chi connectivity index (χ0n) is 23.1. The first-order valence-electron chi connectivity index (χ1n) is 12.4. The normalized spacial score (nSPS) is 20.5. The van der Waals surface area contributed by atoms with Crippen LogP contribution >= 0.6 is 0 Å². The first-order chi connectivity index (χ1) is 16.0. The average molecular weight is 513 g/mol. The molecule has 35 heavy (non-hydrogen) atoms. The van der Waals surface area contributed by atoms with Crippen LogP contribution in [0.3, 0.4) is 0 Å². The van der Waals surface area contributed by atoms with Crippen molar-refractivity contribution in [3.05, 3.63) is 0 Å². The first kappa shape index (κ1) is 30.9. The minimum Gasteiger partial charge on any atom is -0.466 e. The third-order valence-corrected chi connectivity index (χ3v) is 11.0. The number of amides is 1. The quantitative estimate of drug-likeness (QED) is 0.249. The molecule has 1 fully saturated rings. The van der Waals surface area contributed by atoms with E-state index in [0.29, 0.717) is 6.42 Å². The predicted octanol–water partition coefficient (Wildman–Crippen LogP) is 4.66. The fourth-order valence-corrected chi connectivity index (χ4v) is 5.24. The molecule has 0 aromatic carbocycles. The molecule has 4 atom stereocenters. The Morgan fingerprint density at radius 2 is 1.63 bits per heavy atom. The van der Waals surface area contributed by atoms with E-state index in [0.717, 1.165) is 0 Å². The minimum absolute atomic E-state index is 0.0493. The molecule has 3 unspecified atom stereocenters. The maximum Gasteiger partial charge on any atom is 0.410 e. The molecule has 0 bridgehead atoms. The Balaban J connectivity index is 3.44. The molecule has 0 aromatic heterocycles. The van der Waals surface area contributed by atoms with Crippen LogP contribution in [0.5, 0.6) is 0 Å². The number of hydrogen-bond donors (Lipinski definition) is 0. The highest BCUT2D eigenvalue weighted by Crippen LogP contribution is 2.41. The van der Waals surface area contributed by atoms with Crippen LogP contribution in [-0.2, 0) is 28.2 Å². The van der Waals surface area contributed by atoms with Gasteiger partial charge in [0.05, 0.1) is 31.8 Å². The Labute approximate surface area is 211 Å². The van der Waals surface area contributed by atoms with E-state index in [2.05, 4.69) is 33.9 Å². The SMILES string of the molecule is CCOC(=O)CC(C(C#N)C(=O)OCC)C1C[C@@H](O[Si](C)(C)C(C)(C)C)CN1C(=O)OC(C)(C)C. The highest BCUT2D eigenvalue weighted by atomic mass is 28.4. The Morgan fingerprint density at radius 1 is 1.06 bits per heavy atom. The highest BCUT2D eigenvalue weighted by Gasteiger charge is 2.49. The van der Waals surface area contributed by atoms with Gasteiger partial charge in [0.1, 0.15) is 11.5 Å². The van der Waals surface area contributed by atoms with Gasteiger partial charge in [-0.1, -0.05) is 20.8 Å². The van der Waals surface area contributed by atoms with Crippen molar-refractivity contribution < 1.29 is 33.0 Å². The summed E-state index contributed by atoms with van der Waals surface area (Å²) in [6, 6.07) is 1.37. The molecule has 10 heteroatoms. The van der Waals surface area contributed by atoms with Gasteiger partial charge in [0, 0.05) is 18.5 Å². The van der Waals surface area contributed by atoms with Crippen LogP contribution in [0.1, 0.15) is 68.2 Å². The van der Waals surface area contributed by atoms with Gasteiger partial charge in [-0.2, -0.15) is 5.26 Å². The second-order valence-corrected chi connectivity index (χ2v) is 16.2. The minimum atomic E-state index is -2.19. The maximum absolute atomic E-state index is 13.2. The zero-order valence-corrected chi connectivity index (χ0v) is 24.1. The lowest BCUT2D eigenvalue weighted by Crippen LogP contribution is -2.47. The number of carbonyl (C=O) groups is 3. The summed E-state index contributed by atoms with van der Waals surface area (Å²) in [5, 5.41) is 9.86. The van der Waals surface area contributed by atoms with E-state index < -0.39 is 49.8 Å². The second kappa shape index (κ2) is 12.2. The Hall–Kier alpha value is -2.12. The number of rotatable bonds is 9. The van der Waals surface area contributed by atoms with Gasteiger partial charge in [-0.25, -0.2) is 4.79 Å². The van der Waals surface area contributed by atoms with Crippen molar-refractivity contribution in [3.8, 4) is 6.07 Å². The van der Waals surface area contributed by atoms with Crippen molar-refractivity contribution in [1.82, 2.24) is 4.90 Å². The lowest BCUT2D eigenvalue weighted by atomic mass is 9.82. The summed E-state index contributed by atoms with van der Waals surface area (Å²) in [5.41, 5.74) is -0.744. The van der Waals surface area contributed by atoms with E-state index in [1.54, 1.807) is 34.6 Å². The molecule has 0 N–H and O–H groups in total. The molecular formula is C25H44N2O7Si. The fourth-order valence-electron chi connectivity index (χ4n) is 3.88. The van der Waals surface area contributed by atoms with E-state index in [-0.39, 0.29) is 37.3 Å². The van der Waals surface area contributed by atoms with Crippen LogP contribution < -0.4 is 0 Å². The van der Waals surface area contributed by atoms with Crippen molar-refractivity contribution in [3.63, 3.8) is 0 Å². The molecule has 0 radical (unpaired) electrons. The van der Waals surface area contributed by atoms with Crippen molar-refractivity contribution in [2.45, 2.75) is 104 Å². The molecule has 1 saturated heterocycles. The number of hydrogen-bond acceptors (Lipinski definition) is 8. The van der Waals surface area contributed by atoms with Crippen LogP contribution in [0, 0.1) is 23.2 Å². The van der Waals surface area contributed by atoms with Crippen molar-refractivity contribution >= 4 is 26.3 Å². The molecule has 1 aliphatic heterocycles. The van der Waals surface area contributed by atoms with Crippen molar-refractivity contribution in [2.24, 2.45) is 11.8 Å². The van der Waals surface area contributed by atoms with Gasteiger partial charge < -0.3 is 23.5 Å². The predicted molar refractivity (Wildman–Crippen MR) is 134 cm³/mol. The van der Waals surface area contributed by atoms with Crippen molar-refractivity contribution in [2.75, 3.05) is 19.8 Å². The number of nitriles is 1. The summed E-state index contributed by atoms with van der Waals surface area (Å²) in [6.07, 6.45) is -0.729. The number of carbonyl (C=O) groups excluding carboxylic acids is 3. The van der Waals surface area contributed by atoms with Crippen LogP contribution in [-0.4, -0.2) is 68.8 Å². The zero-order chi connectivity index (χ0) is 27.2. The summed E-state index contributed by atoms with van der Waals surface area (Å²) in [7, 11) is -2.19. The fraction of sp³-hybridized carbons (Fsp3) is 0.840. The molecule has 200 valence electrons. The largest absolute Gasteiger partial charge is 0.466 e. The van der Waals surface area contributed by atoms with Crippen LogP contribution in [0.25, 0.3) is 0 Å².